The average molecular weight is 510 g/mol. The van der Waals surface area contributed by atoms with Crippen LogP contribution in [0, 0.1) is 0 Å². The lowest BCUT2D eigenvalue weighted by Crippen LogP contribution is -2.35. The standard InChI is InChI=1S/C27H26O10/c1-13(28)26(25(33)14-4-6-16(29)7-5-14)37-27-22(34-2)8-15(9-23(27)35-3)20-12-19(32)24-18(31)10-17(30)11-21(24)36-20/h4-13,25-26,28-31,33H,1-3H3. The summed E-state index contributed by atoms with van der Waals surface area (Å²) in [5.41, 5.74) is 0.209. The van der Waals surface area contributed by atoms with Crippen molar-refractivity contribution in [2.45, 2.75) is 25.2 Å². The predicted octanol–water partition coefficient (Wildman–Crippen LogP) is 3.46. The van der Waals surface area contributed by atoms with E-state index in [4.69, 9.17) is 18.6 Å². The van der Waals surface area contributed by atoms with E-state index in [0.29, 0.717) is 11.1 Å². The van der Waals surface area contributed by atoms with Gasteiger partial charge in [-0.1, -0.05) is 12.1 Å². The molecule has 0 aliphatic rings. The molecule has 0 saturated heterocycles. The lowest BCUT2D eigenvalue weighted by Gasteiger charge is -2.28. The topological polar surface area (TPSA) is 159 Å². The number of methoxy groups -OCH3 is 2. The summed E-state index contributed by atoms with van der Waals surface area (Å²) in [6, 6.07) is 12.3. The molecule has 1 heterocycles. The third-order valence-corrected chi connectivity index (χ3v) is 5.81. The van der Waals surface area contributed by atoms with Crippen molar-refractivity contribution in [1.82, 2.24) is 0 Å². The number of aliphatic hydroxyl groups excluding tert-OH is 2. The van der Waals surface area contributed by atoms with Crippen molar-refractivity contribution < 1.29 is 44.2 Å². The van der Waals surface area contributed by atoms with Gasteiger partial charge in [-0.05, 0) is 36.8 Å². The highest BCUT2D eigenvalue weighted by atomic mass is 16.6. The Morgan fingerprint density at radius 3 is 2.03 bits per heavy atom. The zero-order chi connectivity index (χ0) is 26.9. The lowest BCUT2D eigenvalue weighted by molar-refractivity contribution is -0.0396. The van der Waals surface area contributed by atoms with E-state index in [2.05, 4.69) is 0 Å². The summed E-state index contributed by atoms with van der Waals surface area (Å²) in [5.74, 6) is -0.183. The minimum atomic E-state index is -1.27. The van der Waals surface area contributed by atoms with Gasteiger partial charge < -0.3 is 44.2 Å². The normalized spacial score (nSPS) is 13.6. The minimum absolute atomic E-state index is 0.0233. The average Bonchev–Trinajstić information content (AvgIpc) is 2.85. The highest BCUT2D eigenvalue weighted by molar-refractivity contribution is 5.86. The summed E-state index contributed by atoms with van der Waals surface area (Å²) in [6.45, 7) is 1.45. The minimum Gasteiger partial charge on any atom is -0.508 e. The largest absolute Gasteiger partial charge is 0.508 e. The summed E-state index contributed by atoms with van der Waals surface area (Å²) in [6.07, 6.45) is -3.55. The Morgan fingerprint density at radius 1 is 0.838 bits per heavy atom. The van der Waals surface area contributed by atoms with Crippen LogP contribution in [0.4, 0.5) is 0 Å². The second-order valence-corrected chi connectivity index (χ2v) is 8.38. The maximum Gasteiger partial charge on any atom is 0.204 e. The summed E-state index contributed by atoms with van der Waals surface area (Å²) in [7, 11) is 2.76. The molecular weight excluding hydrogens is 484 g/mol. The summed E-state index contributed by atoms with van der Waals surface area (Å²) < 4.78 is 22.8. The molecule has 3 atom stereocenters. The SMILES string of the molecule is COc1cc(-c2cc(=O)c3c(O)cc(O)cc3o2)cc(OC)c1OC(C(C)O)C(O)c1ccc(O)cc1. The van der Waals surface area contributed by atoms with Crippen molar-refractivity contribution in [2.75, 3.05) is 14.2 Å². The number of rotatable bonds is 8. The Hall–Kier alpha value is -4.41. The first-order chi connectivity index (χ1) is 17.6. The molecule has 0 bridgehead atoms. The van der Waals surface area contributed by atoms with Gasteiger partial charge in [-0.25, -0.2) is 0 Å². The van der Waals surface area contributed by atoms with Crippen LogP contribution in [0.2, 0.25) is 0 Å². The van der Waals surface area contributed by atoms with E-state index in [1.807, 2.05) is 0 Å². The molecule has 0 radical (unpaired) electrons. The number of fused-ring (bicyclic) bond motifs is 1. The van der Waals surface area contributed by atoms with Gasteiger partial charge in [0.05, 0.1) is 20.3 Å². The second kappa shape index (κ2) is 10.3. The monoisotopic (exact) mass is 510 g/mol. The maximum absolute atomic E-state index is 12.7. The molecule has 0 fully saturated rings. The van der Waals surface area contributed by atoms with Gasteiger partial charge >= 0.3 is 0 Å². The Labute approximate surface area is 211 Å². The second-order valence-electron chi connectivity index (χ2n) is 8.38. The number of aromatic hydroxyl groups is 3. The van der Waals surface area contributed by atoms with Gasteiger partial charge in [0.2, 0.25) is 5.75 Å². The molecule has 3 unspecified atom stereocenters. The summed E-state index contributed by atoms with van der Waals surface area (Å²) in [4.78, 5) is 12.7. The molecule has 0 aliphatic carbocycles. The van der Waals surface area contributed by atoms with Crippen LogP contribution in [0.3, 0.4) is 0 Å². The Morgan fingerprint density at radius 2 is 1.46 bits per heavy atom. The van der Waals surface area contributed by atoms with Gasteiger partial charge in [-0.3, -0.25) is 4.79 Å². The van der Waals surface area contributed by atoms with E-state index in [1.165, 1.54) is 69.7 Å². The molecule has 4 aromatic rings. The highest BCUT2D eigenvalue weighted by Crippen LogP contribution is 2.43. The molecule has 5 N–H and O–H groups in total. The molecule has 4 rings (SSSR count). The van der Waals surface area contributed by atoms with Crippen molar-refractivity contribution in [1.29, 1.82) is 0 Å². The van der Waals surface area contributed by atoms with Crippen molar-refractivity contribution >= 4 is 11.0 Å². The molecule has 0 spiro atoms. The van der Waals surface area contributed by atoms with E-state index < -0.39 is 29.5 Å². The number of aliphatic hydroxyl groups is 2. The van der Waals surface area contributed by atoms with Gasteiger partial charge in [-0.2, -0.15) is 0 Å². The molecule has 194 valence electrons. The van der Waals surface area contributed by atoms with Crippen LogP contribution in [-0.4, -0.2) is 52.0 Å². The maximum atomic E-state index is 12.7. The smallest absolute Gasteiger partial charge is 0.204 e. The number of hydrogen-bond acceptors (Lipinski definition) is 10. The van der Waals surface area contributed by atoms with Crippen molar-refractivity contribution in [3.8, 4) is 45.8 Å². The van der Waals surface area contributed by atoms with Crippen LogP contribution in [0.25, 0.3) is 22.3 Å². The number of benzene rings is 3. The number of ether oxygens (including phenoxy) is 3. The lowest BCUT2D eigenvalue weighted by atomic mass is 10.0. The summed E-state index contributed by atoms with van der Waals surface area (Å²) >= 11 is 0. The van der Waals surface area contributed by atoms with Gasteiger partial charge in [0.25, 0.3) is 0 Å². The first-order valence-corrected chi connectivity index (χ1v) is 11.2. The van der Waals surface area contributed by atoms with Crippen LogP contribution in [0.5, 0.6) is 34.5 Å². The van der Waals surface area contributed by atoms with E-state index >= 15 is 0 Å². The van der Waals surface area contributed by atoms with E-state index in [1.54, 1.807) is 0 Å². The summed E-state index contributed by atoms with van der Waals surface area (Å²) in [5, 5.41) is 50.6. The van der Waals surface area contributed by atoms with E-state index in [0.717, 1.165) is 6.07 Å². The molecule has 10 nitrogen and oxygen atoms in total. The number of hydrogen-bond donors (Lipinski definition) is 5. The van der Waals surface area contributed by atoms with Crippen LogP contribution in [0.15, 0.2) is 63.8 Å². The van der Waals surface area contributed by atoms with E-state index in [9.17, 15) is 30.3 Å². The molecule has 10 heteroatoms. The Balaban J connectivity index is 1.78. The fourth-order valence-electron chi connectivity index (χ4n) is 3.96. The van der Waals surface area contributed by atoms with Crippen molar-refractivity contribution in [2.24, 2.45) is 0 Å². The Bertz CT molecular complexity index is 1450. The van der Waals surface area contributed by atoms with Gasteiger partial charge in [0, 0.05) is 23.8 Å². The molecule has 3 aromatic carbocycles. The molecule has 37 heavy (non-hydrogen) atoms. The van der Waals surface area contributed by atoms with E-state index in [-0.39, 0.29) is 45.5 Å². The third-order valence-electron chi connectivity index (χ3n) is 5.81. The van der Waals surface area contributed by atoms with Gasteiger partial charge in [0.15, 0.2) is 23.0 Å². The zero-order valence-corrected chi connectivity index (χ0v) is 20.2. The third kappa shape index (κ3) is 5.11. The van der Waals surface area contributed by atoms with Gasteiger partial charge in [-0.15, -0.1) is 0 Å². The molecule has 0 amide bonds. The fourth-order valence-corrected chi connectivity index (χ4v) is 3.96. The fraction of sp³-hybridized carbons (Fsp3) is 0.222. The van der Waals surface area contributed by atoms with Crippen molar-refractivity contribution in [3.63, 3.8) is 0 Å². The van der Waals surface area contributed by atoms with Crippen LogP contribution in [-0.2, 0) is 0 Å². The molecular formula is C27H26O10. The molecule has 0 aliphatic heterocycles. The Kier molecular flexibility index (Phi) is 7.14. The quantitative estimate of drug-likeness (QED) is 0.238. The zero-order valence-electron chi connectivity index (χ0n) is 20.2. The number of phenols is 3. The molecule has 1 aromatic heterocycles. The van der Waals surface area contributed by atoms with Crippen LogP contribution in [0.1, 0.15) is 18.6 Å². The highest BCUT2D eigenvalue weighted by Gasteiger charge is 2.30. The first-order valence-electron chi connectivity index (χ1n) is 11.2. The first kappa shape index (κ1) is 25.7. The van der Waals surface area contributed by atoms with Crippen LogP contribution < -0.4 is 19.6 Å². The number of phenolic OH excluding ortho intramolecular Hbond substituents is 3. The molecule has 0 saturated carbocycles. The van der Waals surface area contributed by atoms with Gasteiger partial charge in [0.1, 0.15) is 40.1 Å². The predicted molar refractivity (Wildman–Crippen MR) is 134 cm³/mol. The van der Waals surface area contributed by atoms with Crippen LogP contribution >= 0.6 is 0 Å². The van der Waals surface area contributed by atoms with Crippen molar-refractivity contribution in [3.05, 3.63) is 70.4 Å².